The molecule has 0 aromatic heterocycles. The third kappa shape index (κ3) is 5.24. The van der Waals surface area contributed by atoms with E-state index in [1.165, 1.54) is 0 Å². The monoisotopic (exact) mass is 226 g/mol. The fourth-order valence-electron chi connectivity index (χ4n) is 0.904. The molecule has 1 unspecified atom stereocenters. The predicted molar refractivity (Wildman–Crippen MR) is 48.6 cm³/mol. The van der Waals surface area contributed by atoms with Crippen molar-refractivity contribution in [2.75, 3.05) is 0 Å². The molecule has 0 bridgehead atoms. The molecule has 0 saturated carbocycles. The summed E-state index contributed by atoms with van der Waals surface area (Å²) in [5, 5.41) is 12.1. The van der Waals surface area contributed by atoms with Gasteiger partial charge in [0, 0.05) is 6.92 Å². The minimum absolute atomic E-state index is 0.106. The molecule has 0 fully saturated rings. The minimum Gasteiger partial charge on any atom is -0.375 e. The van der Waals surface area contributed by atoms with Crippen molar-refractivity contribution >= 4 is 0 Å². The van der Waals surface area contributed by atoms with Crippen molar-refractivity contribution in [2.45, 2.75) is 38.9 Å². The summed E-state index contributed by atoms with van der Waals surface area (Å²) in [6.45, 7) is 2.75. The summed E-state index contributed by atoms with van der Waals surface area (Å²) in [5.41, 5.74) is -0.347. The smallest absolute Gasteiger partial charge is 0.375 e. The summed E-state index contributed by atoms with van der Waals surface area (Å²) in [6.07, 6.45) is -3.36. The van der Waals surface area contributed by atoms with E-state index < -0.39 is 17.1 Å². The normalized spacial score (nSPS) is 14.9. The van der Waals surface area contributed by atoms with Crippen LogP contribution in [0.25, 0.3) is 0 Å². The fraction of sp³-hybridized carbons (Fsp3) is 0.750. The summed E-state index contributed by atoms with van der Waals surface area (Å²) in [6, 6.07) is -1.72. The van der Waals surface area contributed by atoms with Gasteiger partial charge in [-0.2, -0.15) is 13.2 Å². The molecule has 0 aromatic rings. The first-order chi connectivity index (χ1) is 6.79. The Morgan fingerprint density at radius 2 is 2.13 bits per heavy atom. The van der Waals surface area contributed by atoms with Crippen molar-refractivity contribution in [1.82, 2.24) is 5.32 Å². The molecule has 7 heteroatoms. The van der Waals surface area contributed by atoms with Gasteiger partial charge in [0.25, 0.3) is 5.70 Å². The number of halogens is 3. The van der Waals surface area contributed by atoms with Crippen molar-refractivity contribution in [3.05, 3.63) is 22.0 Å². The lowest BCUT2D eigenvalue weighted by Crippen LogP contribution is -2.39. The fourth-order valence-corrected chi connectivity index (χ4v) is 0.904. The highest BCUT2D eigenvalue weighted by molar-refractivity contribution is 4.89. The molecule has 0 amide bonds. The van der Waals surface area contributed by atoms with Crippen molar-refractivity contribution in [2.24, 2.45) is 0 Å². The van der Waals surface area contributed by atoms with Crippen molar-refractivity contribution < 1.29 is 18.1 Å². The van der Waals surface area contributed by atoms with Gasteiger partial charge in [-0.15, -0.1) is 0 Å². The Labute approximate surface area is 85.3 Å². The molecule has 0 aromatic carbocycles. The average molecular weight is 226 g/mol. The van der Waals surface area contributed by atoms with Crippen LogP contribution in [0.2, 0.25) is 0 Å². The number of alkyl halides is 3. The summed E-state index contributed by atoms with van der Waals surface area (Å²) in [5.74, 6) is 0. The molecule has 0 aliphatic carbocycles. The van der Waals surface area contributed by atoms with Crippen LogP contribution in [0.1, 0.15) is 26.7 Å². The zero-order valence-electron chi connectivity index (χ0n) is 8.47. The summed E-state index contributed by atoms with van der Waals surface area (Å²) in [7, 11) is 0. The van der Waals surface area contributed by atoms with Crippen LogP contribution < -0.4 is 5.32 Å². The second-order valence-corrected chi connectivity index (χ2v) is 3.09. The van der Waals surface area contributed by atoms with Crippen LogP contribution in [0.15, 0.2) is 11.9 Å². The van der Waals surface area contributed by atoms with Crippen LogP contribution in [-0.2, 0) is 0 Å². The van der Waals surface area contributed by atoms with E-state index in [4.69, 9.17) is 0 Å². The van der Waals surface area contributed by atoms with Crippen LogP contribution in [-0.4, -0.2) is 17.1 Å². The van der Waals surface area contributed by atoms with E-state index in [1.54, 1.807) is 6.92 Å². The van der Waals surface area contributed by atoms with Gasteiger partial charge in [-0.3, -0.25) is 10.1 Å². The SMILES string of the molecule is CCCC(N/C=C(\C)[N+](=O)[O-])C(F)(F)F. The van der Waals surface area contributed by atoms with Crippen LogP contribution in [0, 0.1) is 10.1 Å². The largest absolute Gasteiger partial charge is 0.408 e. The summed E-state index contributed by atoms with van der Waals surface area (Å²) >= 11 is 0. The summed E-state index contributed by atoms with van der Waals surface area (Å²) in [4.78, 5) is 9.39. The number of nitrogens with zero attached hydrogens (tertiary/aromatic N) is 1. The van der Waals surface area contributed by atoms with Gasteiger partial charge in [0.1, 0.15) is 6.04 Å². The van der Waals surface area contributed by atoms with Crippen LogP contribution in [0.5, 0.6) is 0 Å². The molecule has 0 heterocycles. The van der Waals surface area contributed by atoms with Gasteiger partial charge >= 0.3 is 6.18 Å². The molecular weight excluding hydrogens is 213 g/mol. The standard InChI is InChI=1S/C8H13F3N2O2/c1-3-4-7(8(9,10)11)12-5-6(2)13(14)15/h5,7,12H,3-4H2,1-2H3/b6-5+. The molecule has 0 radical (unpaired) electrons. The Morgan fingerprint density at radius 3 is 2.47 bits per heavy atom. The van der Waals surface area contributed by atoms with Gasteiger partial charge in [0.2, 0.25) is 0 Å². The van der Waals surface area contributed by atoms with Gasteiger partial charge in [0.15, 0.2) is 0 Å². The van der Waals surface area contributed by atoms with Gasteiger partial charge in [-0.25, -0.2) is 0 Å². The number of nitro groups is 1. The first-order valence-corrected chi connectivity index (χ1v) is 4.43. The Kier molecular flexibility index (Phi) is 5.10. The van der Waals surface area contributed by atoms with Crippen LogP contribution in [0.3, 0.4) is 0 Å². The quantitative estimate of drug-likeness (QED) is 0.578. The number of hydrogen-bond donors (Lipinski definition) is 1. The molecule has 0 saturated heterocycles. The van der Waals surface area contributed by atoms with Crippen molar-refractivity contribution in [1.29, 1.82) is 0 Å². The highest BCUT2D eigenvalue weighted by Crippen LogP contribution is 2.23. The maximum Gasteiger partial charge on any atom is 0.408 e. The lowest BCUT2D eigenvalue weighted by atomic mass is 10.1. The molecule has 88 valence electrons. The Hall–Kier alpha value is -1.27. The van der Waals surface area contributed by atoms with Crippen molar-refractivity contribution in [3.63, 3.8) is 0 Å². The van der Waals surface area contributed by atoms with E-state index >= 15 is 0 Å². The third-order valence-corrected chi connectivity index (χ3v) is 1.75. The van der Waals surface area contributed by atoms with E-state index in [0.29, 0.717) is 6.42 Å². The zero-order chi connectivity index (χ0) is 12.1. The Morgan fingerprint density at radius 1 is 1.60 bits per heavy atom. The number of rotatable bonds is 5. The molecule has 15 heavy (non-hydrogen) atoms. The Balaban J connectivity index is 4.43. The first-order valence-electron chi connectivity index (χ1n) is 4.43. The lowest BCUT2D eigenvalue weighted by Gasteiger charge is -2.19. The van der Waals surface area contributed by atoms with Crippen LogP contribution in [0.4, 0.5) is 13.2 Å². The highest BCUT2D eigenvalue weighted by Gasteiger charge is 2.38. The zero-order valence-corrected chi connectivity index (χ0v) is 8.47. The molecule has 0 aliphatic rings. The second kappa shape index (κ2) is 5.57. The van der Waals surface area contributed by atoms with E-state index in [9.17, 15) is 23.3 Å². The molecule has 0 spiro atoms. The topological polar surface area (TPSA) is 55.2 Å². The van der Waals surface area contributed by atoms with E-state index in [1.807, 2.05) is 5.32 Å². The molecule has 0 aliphatic heterocycles. The van der Waals surface area contributed by atoms with E-state index in [-0.39, 0.29) is 12.1 Å². The van der Waals surface area contributed by atoms with E-state index in [0.717, 1.165) is 13.1 Å². The lowest BCUT2D eigenvalue weighted by molar-refractivity contribution is -0.424. The predicted octanol–water partition coefficient (Wildman–Crippen LogP) is 2.45. The number of nitrogens with one attached hydrogen (secondary N) is 1. The molecule has 1 N–H and O–H groups in total. The average Bonchev–Trinajstić information content (AvgIpc) is 2.09. The van der Waals surface area contributed by atoms with Gasteiger partial charge < -0.3 is 5.32 Å². The molecule has 0 rings (SSSR count). The van der Waals surface area contributed by atoms with Crippen molar-refractivity contribution in [3.8, 4) is 0 Å². The Bertz CT molecular complexity index is 251. The van der Waals surface area contributed by atoms with Gasteiger partial charge in [-0.1, -0.05) is 13.3 Å². The van der Waals surface area contributed by atoms with Gasteiger partial charge in [-0.05, 0) is 6.42 Å². The van der Waals surface area contributed by atoms with Crippen LogP contribution >= 0.6 is 0 Å². The minimum atomic E-state index is -4.39. The second-order valence-electron chi connectivity index (χ2n) is 3.09. The van der Waals surface area contributed by atoms with E-state index in [2.05, 4.69) is 0 Å². The maximum absolute atomic E-state index is 12.3. The third-order valence-electron chi connectivity index (χ3n) is 1.75. The number of allylic oxidation sites excluding steroid dienone is 1. The molecule has 1 atom stereocenters. The number of hydrogen-bond acceptors (Lipinski definition) is 3. The summed E-state index contributed by atoms with van der Waals surface area (Å²) < 4.78 is 36.9. The highest BCUT2D eigenvalue weighted by atomic mass is 19.4. The van der Waals surface area contributed by atoms with Gasteiger partial charge in [0.05, 0.1) is 11.1 Å². The first kappa shape index (κ1) is 13.7. The maximum atomic E-state index is 12.3. The molecular formula is C8H13F3N2O2. The molecule has 4 nitrogen and oxygen atoms in total.